The Kier molecular flexibility index (Phi) is 4.61. The van der Waals surface area contributed by atoms with Crippen LogP contribution >= 0.6 is 0 Å². The van der Waals surface area contributed by atoms with Gasteiger partial charge in [0.25, 0.3) is 0 Å². The lowest BCUT2D eigenvalue weighted by atomic mass is 10.1. The van der Waals surface area contributed by atoms with Gasteiger partial charge in [-0.3, -0.25) is 4.98 Å². The molecule has 2 rings (SSSR count). The lowest BCUT2D eigenvalue weighted by Crippen LogP contribution is -1.95. The first-order valence-electron chi connectivity index (χ1n) is 7.01. The highest BCUT2D eigenvalue weighted by Gasteiger charge is 2.05. The van der Waals surface area contributed by atoms with E-state index in [0.29, 0.717) is 0 Å². The summed E-state index contributed by atoms with van der Waals surface area (Å²) in [5.74, 6) is 0. The summed E-state index contributed by atoms with van der Waals surface area (Å²) in [7, 11) is 0. The number of pyridine rings is 1. The summed E-state index contributed by atoms with van der Waals surface area (Å²) >= 11 is 0. The van der Waals surface area contributed by atoms with Crippen molar-refractivity contribution in [3.8, 4) is 0 Å². The van der Waals surface area contributed by atoms with E-state index in [4.69, 9.17) is 0 Å². The zero-order valence-electron chi connectivity index (χ0n) is 11.8. The second-order valence-corrected chi connectivity index (χ2v) is 5.06. The Morgan fingerprint density at radius 3 is 2.79 bits per heavy atom. The van der Waals surface area contributed by atoms with Gasteiger partial charge in [0.2, 0.25) is 0 Å². The second-order valence-electron chi connectivity index (χ2n) is 5.06. The highest BCUT2D eigenvalue weighted by molar-refractivity contribution is 5.20. The predicted octanol–water partition coefficient (Wildman–Crippen LogP) is 3.56. The standard InChI is InChI=1S/C16H22N2O/c1-3-4-8-16-11-14(12-18(16)19)9-10-15-7-5-6-13(2)17-15/h5-7,11-12,19H,3-4,8-10H2,1-2H3. The van der Waals surface area contributed by atoms with Crippen molar-refractivity contribution in [2.24, 2.45) is 0 Å². The molecule has 0 saturated heterocycles. The molecule has 2 aromatic rings. The van der Waals surface area contributed by atoms with Gasteiger partial charge in [0.05, 0.1) is 5.69 Å². The van der Waals surface area contributed by atoms with Crippen LogP contribution in [0.4, 0.5) is 0 Å². The summed E-state index contributed by atoms with van der Waals surface area (Å²) in [5.41, 5.74) is 4.35. The Labute approximate surface area is 114 Å². The number of unbranched alkanes of at least 4 members (excludes halogenated alkanes) is 1. The van der Waals surface area contributed by atoms with E-state index >= 15 is 0 Å². The number of hydrogen-bond donors (Lipinski definition) is 1. The molecule has 102 valence electrons. The van der Waals surface area contributed by atoms with Gasteiger partial charge in [0, 0.05) is 17.6 Å². The molecule has 0 saturated carbocycles. The van der Waals surface area contributed by atoms with E-state index in [2.05, 4.69) is 24.0 Å². The van der Waals surface area contributed by atoms with Gasteiger partial charge in [0.1, 0.15) is 0 Å². The van der Waals surface area contributed by atoms with Crippen molar-refractivity contribution in [2.45, 2.75) is 46.0 Å². The Bertz CT molecular complexity index is 531. The molecule has 0 amide bonds. The zero-order chi connectivity index (χ0) is 13.7. The fraction of sp³-hybridized carbons (Fsp3) is 0.438. The van der Waals surface area contributed by atoms with E-state index in [0.717, 1.165) is 49.2 Å². The molecule has 0 aromatic carbocycles. The van der Waals surface area contributed by atoms with Crippen molar-refractivity contribution >= 4 is 0 Å². The van der Waals surface area contributed by atoms with Crippen LogP contribution in [0, 0.1) is 6.92 Å². The number of hydrogen-bond acceptors (Lipinski definition) is 2. The minimum absolute atomic E-state index is 0.916. The van der Waals surface area contributed by atoms with Gasteiger partial charge in [-0.15, -0.1) is 0 Å². The Balaban J connectivity index is 1.96. The molecule has 0 atom stereocenters. The number of nitrogens with zero attached hydrogens (tertiary/aromatic N) is 2. The molecule has 2 heterocycles. The summed E-state index contributed by atoms with van der Waals surface area (Å²) in [4.78, 5) is 4.50. The van der Waals surface area contributed by atoms with Gasteiger partial charge in [-0.2, -0.15) is 4.73 Å². The molecule has 0 fully saturated rings. The summed E-state index contributed by atoms with van der Waals surface area (Å²) in [6.45, 7) is 4.17. The van der Waals surface area contributed by atoms with E-state index in [-0.39, 0.29) is 0 Å². The zero-order valence-corrected chi connectivity index (χ0v) is 11.8. The van der Waals surface area contributed by atoms with Crippen LogP contribution in [0.15, 0.2) is 30.5 Å². The molecule has 0 unspecified atom stereocenters. The number of aryl methyl sites for hydroxylation is 4. The van der Waals surface area contributed by atoms with Crippen LogP contribution in [0.3, 0.4) is 0 Å². The van der Waals surface area contributed by atoms with Crippen molar-refractivity contribution < 1.29 is 5.21 Å². The van der Waals surface area contributed by atoms with Crippen molar-refractivity contribution in [3.05, 3.63) is 53.1 Å². The first kappa shape index (κ1) is 13.7. The summed E-state index contributed by atoms with van der Waals surface area (Å²) < 4.78 is 1.27. The molecule has 0 bridgehead atoms. The van der Waals surface area contributed by atoms with Gasteiger partial charge in [-0.25, -0.2) is 0 Å². The summed E-state index contributed by atoms with van der Waals surface area (Å²) in [6.07, 6.45) is 6.86. The van der Waals surface area contributed by atoms with Crippen LogP contribution in [0.5, 0.6) is 0 Å². The van der Waals surface area contributed by atoms with Crippen molar-refractivity contribution in [1.29, 1.82) is 0 Å². The third-order valence-corrected chi connectivity index (χ3v) is 3.34. The van der Waals surface area contributed by atoms with E-state index in [9.17, 15) is 5.21 Å². The topological polar surface area (TPSA) is 38.0 Å². The smallest absolute Gasteiger partial charge is 0.0569 e. The highest BCUT2D eigenvalue weighted by Crippen LogP contribution is 2.12. The molecule has 0 radical (unpaired) electrons. The van der Waals surface area contributed by atoms with E-state index < -0.39 is 0 Å². The van der Waals surface area contributed by atoms with E-state index in [1.165, 1.54) is 10.3 Å². The average molecular weight is 258 g/mol. The molecule has 0 aliphatic heterocycles. The molecule has 3 nitrogen and oxygen atoms in total. The third-order valence-electron chi connectivity index (χ3n) is 3.34. The fourth-order valence-corrected chi connectivity index (χ4v) is 2.25. The van der Waals surface area contributed by atoms with E-state index in [1.807, 2.05) is 25.3 Å². The van der Waals surface area contributed by atoms with E-state index in [1.54, 1.807) is 0 Å². The SMILES string of the molecule is CCCCc1cc(CCc2cccc(C)n2)cn1O. The van der Waals surface area contributed by atoms with Crippen molar-refractivity contribution in [1.82, 2.24) is 9.71 Å². The molecular weight excluding hydrogens is 236 g/mol. The Morgan fingerprint density at radius 2 is 2.05 bits per heavy atom. The number of rotatable bonds is 6. The van der Waals surface area contributed by atoms with Crippen LogP contribution in [-0.2, 0) is 19.3 Å². The van der Waals surface area contributed by atoms with Crippen molar-refractivity contribution in [3.63, 3.8) is 0 Å². The van der Waals surface area contributed by atoms with Gasteiger partial charge in [-0.1, -0.05) is 19.4 Å². The first-order valence-corrected chi connectivity index (χ1v) is 7.01. The first-order chi connectivity index (χ1) is 9.19. The second kappa shape index (κ2) is 6.41. The minimum atomic E-state index is 0.916. The molecule has 0 aliphatic rings. The van der Waals surface area contributed by atoms with Gasteiger partial charge >= 0.3 is 0 Å². The maximum atomic E-state index is 9.80. The Morgan fingerprint density at radius 1 is 1.21 bits per heavy atom. The molecule has 1 N–H and O–H groups in total. The van der Waals surface area contributed by atoms with Crippen molar-refractivity contribution in [2.75, 3.05) is 0 Å². The third kappa shape index (κ3) is 3.85. The molecule has 2 aromatic heterocycles. The normalized spacial score (nSPS) is 10.8. The Hall–Kier alpha value is -1.77. The molecule has 3 heteroatoms. The summed E-state index contributed by atoms with van der Waals surface area (Å²) in [5, 5.41) is 9.80. The maximum absolute atomic E-state index is 9.80. The average Bonchev–Trinajstić information content (AvgIpc) is 2.75. The molecule has 19 heavy (non-hydrogen) atoms. The molecule has 0 aliphatic carbocycles. The van der Waals surface area contributed by atoms with Crippen LogP contribution in [0.25, 0.3) is 0 Å². The fourth-order valence-electron chi connectivity index (χ4n) is 2.25. The molecule has 0 spiro atoms. The molecular formula is C16H22N2O. The number of aromatic nitrogens is 2. The van der Waals surface area contributed by atoms with Gasteiger partial charge in [0.15, 0.2) is 0 Å². The van der Waals surface area contributed by atoms with Crippen LogP contribution in [0.2, 0.25) is 0 Å². The van der Waals surface area contributed by atoms with Crippen LogP contribution in [0.1, 0.15) is 42.4 Å². The quantitative estimate of drug-likeness (QED) is 0.805. The van der Waals surface area contributed by atoms with Gasteiger partial charge in [-0.05, 0) is 56.4 Å². The van der Waals surface area contributed by atoms with Gasteiger partial charge < -0.3 is 5.21 Å². The van der Waals surface area contributed by atoms with Crippen LogP contribution < -0.4 is 0 Å². The lowest BCUT2D eigenvalue weighted by Gasteiger charge is -2.00. The largest absolute Gasteiger partial charge is 0.429 e. The monoisotopic (exact) mass is 258 g/mol. The summed E-state index contributed by atoms with van der Waals surface area (Å²) in [6, 6.07) is 8.21. The lowest BCUT2D eigenvalue weighted by molar-refractivity contribution is 0.177. The maximum Gasteiger partial charge on any atom is 0.0569 e. The van der Waals surface area contributed by atoms with Crippen LogP contribution in [-0.4, -0.2) is 14.9 Å². The predicted molar refractivity (Wildman–Crippen MR) is 76.6 cm³/mol. The minimum Gasteiger partial charge on any atom is -0.429 e. The highest BCUT2D eigenvalue weighted by atomic mass is 16.5.